The molecule has 3 unspecified atom stereocenters. The maximum absolute atomic E-state index is 12.3. The van der Waals surface area contributed by atoms with Crippen LogP contribution in [0.2, 0.25) is 0 Å². The molecule has 0 bridgehead atoms. The van der Waals surface area contributed by atoms with Crippen LogP contribution in [0.5, 0.6) is 0 Å². The molecule has 9 heteroatoms. The van der Waals surface area contributed by atoms with Gasteiger partial charge < -0.3 is 28.8 Å². The third-order valence-electron chi connectivity index (χ3n) is 5.10. The summed E-state index contributed by atoms with van der Waals surface area (Å²) in [6.07, 6.45) is 9.09. The highest BCUT2D eigenvalue weighted by molar-refractivity contribution is 7.45. The monoisotopic (exact) mass is 466 g/mol. The predicted molar refractivity (Wildman–Crippen MR) is 122 cm³/mol. The average molecular weight is 467 g/mol. The van der Waals surface area contributed by atoms with Gasteiger partial charge in [-0.2, -0.15) is 0 Å². The Labute approximate surface area is 189 Å². The molecule has 0 rings (SSSR count). The fraction of sp³-hybridized carbons (Fsp3) is 0.955. The molecule has 1 amide bonds. The van der Waals surface area contributed by atoms with E-state index in [1.807, 2.05) is 21.1 Å². The number of carbonyl (C=O) groups excluding carboxylic acids is 1. The van der Waals surface area contributed by atoms with E-state index in [-0.39, 0.29) is 19.1 Å². The number of carbonyl (C=O) groups is 1. The highest BCUT2D eigenvalue weighted by Gasteiger charge is 2.24. The second kappa shape index (κ2) is 17.0. The number of hydrogen-bond acceptors (Lipinski definition) is 6. The van der Waals surface area contributed by atoms with Crippen LogP contribution in [0.1, 0.15) is 84.5 Å². The molecular weight excluding hydrogens is 419 g/mol. The Morgan fingerprint density at radius 2 is 1.58 bits per heavy atom. The summed E-state index contributed by atoms with van der Waals surface area (Å²) in [6.45, 7) is 4.44. The molecule has 31 heavy (non-hydrogen) atoms. The number of phosphoric ester groups is 1. The Morgan fingerprint density at radius 3 is 2.16 bits per heavy atom. The van der Waals surface area contributed by atoms with Gasteiger partial charge in [0.25, 0.3) is 7.82 Å². The summed E-state index contributed by atoms with van der Waals surface area (Å²) in [5.41, 5.74) is 0. The van der Waals surface area contributed by atoms with Gasteiger partial charge in [0, 0.05) is 6.42 Å². The molecule has 0 fully saturated rings. The quantitative estimate of drug-likeness (QED) is 0.162. The van der Waals surface area contributed by atoms with Crippen LogP contribution in [-0.4, -0.2) is 68.5 Å². The van der Waals surface area contributed by atoms with Gasteiger partial charge in [0.2, 0.25) is 5.91 Å². The Hall–Kier alpha value is -0.500. The number of quaternary nitrogens is 1. The summed E-state index contributed by atoms with van der Waals surface area (Å²) < 4.78 is 22.6. The molecule has 0 saturated heterocycles. The van der Waals surface area contributed by atoms with E-state index >= 15 is 0 Å². The van der Waals surface area contributed by atoms with Crippen molar-refractivity contribution in [2.24, 2.45) is 0 Å². The SMILES string of the molecule is CCCCCCCC(O)C(COP(=O)([O-])OCC[N+](C)(C)C)NC(=O)CCCCCC. The van der Waals surface area contributed by atoms with Gasteiger partial charge in [-0.1, -0.05) is 65.2 Å². The molecule has 0 aliphatic heterocycles. The Balaban J connectivity index is 4.69. The van der Waals surface area contributed by atoms with Crippen molar-refractivity contribution < 1.29 is 32.9 Å². The number of amides is 1. The van der Waals surface area contributed by atoms with E-state index in [9.17, 15) is 19.4 Å². The van der Waals surface area contributed by atoms with Crippen LogP contribution in [0.3, 0.4) is 0 Å². The minimum absolute atomic E-state index is 0.0126. The molecule has 0 aromatic rings. The van der Waals surface area contributed by atoms with Gasteiger partial charge in [0.1, 0.15) is 13.2 Å². The molecule has 8 nitrogen and oxygen atoms in total. The lowest BCUT2D eigenvalue weighted by atomic mass is 10.0. The fourth-order valence-corrected chi connectivity index (χ4v) is 3.76. The van der Waals surface area contributed by atoms with Gasteiger partial charge in [0.15, 0.2) is 0 Å². The van der Waals surface area contributed by atoms with E-state index < -0.39 is 20.0 Å². The standard InChI is InChI=1S/C22H47N2O6P/c1-6-8-10-12-13-15-21(25)20(23-22(26)16-14-11-9-7-2)19-30-31(27,28)29-18-17-24(3,4)5/h20-21,25H,6-19H2,1-5H3,(H-,23,26,27,28). The summed E-state index contributed by atoms with van der Waals surface area (Å²) >= 11 is 0. The van der Waals surface area contributed by atoms with E-state index in [4.69, 9.17) is 9.05 Å². The van der Waals surface area contributed by atoms with Crippen molar-refractivity contribution in [3.8, 4) is 0 Å². The normalized spacial score (nSPS) is 16.0. The van der Waals surface area contributed by atoms with Crippen molar-refractivity contribution in [2.45, 2.75) is 96.6 Å². The minimum Gasteiger partial charge on any atom is -0.756 e. The maximum atomic E-state index is 12.3. The third kappa shape index (κ3) is 18.7. The van der Waals surface area contributed by atoms with Gasteiger partial charge in [0.05, 0.1) is 39.9 Å². The molecule has 0 saturated carbocycles. The van der Waals surface area contributed by atoms with Crippen LogP contribution in [0.4, 0.5) is 0 Å². The zero-order valence-corrected chi connectivity index (χ0v) is 21.3. The summed E-state index contributed by atoms with van der Waals surface area (Å²) in [7, 11) is 1.29. The lowest BCUT2D eigenvalue weighted by Gasteiger charge is -2.30. The van der Waals surface area contributed by atoms with Crippen LogP contribution in [-0.2, 0) is 18.4 Å². The Morgan fingerprint density at radius 1 is 1.00 bits per heavy atom. The van der Waals surface area contributed by atoms with E-state index in [1.54, 1.807) is 0 Å². The lowest BCUT2D eigenvalue weighted by Crippen LogP contribution is -2.46. The van der Waals surface area contributed by atoms with Crippen molar-refractivity contribution in [1.82, 2.24) is 5.32 Å². The van der Waals surface area contributed by atoms with Crippen molar-refractivity contribution in [2.75, 3.05) is 40.9 Å². The van der Waals surface area contributed by atoms with Gasteiger partial charge in [-0.05, 0) is 12.8 Å². The first kappa shape index (κ1) is 30.5. The first-order chi connectivity index (χ1) is 14.5. The molecule has 0 aromatic heterocycles. The van der Waals surface area contributed by atoms with E-state index in [2.05, 4.69) is 19.2 Å². The maximum Gasteiger partial charge on any atom is 0.268 e. The van der Waals surface area contributed by atoms with Crippen molar-refractivity contribution >= 4 is 13.7 Å². The molecule has 0 aromatic carbocycles. The first-order valence-corrected chi connectivity index (χ1v) is 13.3. The van der Waals surface area contributed by atoms with Gasteiger partial charge in [-0.3, -0.25) is 9.36 Å². The number of likely N-dealkylation sites (N-methyl/N-ethyl adjacent to an activating group) is 1. The molecule has 0 aliphatic rings. The Kier molecular flexibility index (Phi) is 16.8. The molecule has 0 spiro atoms. The smallest absolute Gasteiger partial charge is 0.268 e. The van der Waals surface area contributed by atoms with Crippen LogP contribution in [0.15, 0.2) is 0 Å². The predicted octanol–water partition coefficient (Wildman–Crippen LogP) is 3.37. The van der Waals surface area contributed by atoms with Crippen LogP contribution >= 0.6 is 7.82 Å². The molecule has 2 N–H and O–H groups in total. The number of aliphatic hydroxyl groups excluding tert-OH is 1. The summed E-state index contributed by atoms with van der Waals surface area (Å²) in [6, 6.07) is -0.783. The summed E-state index contributed by atoms with van der Waals surface area (Å²) in [5, 5.41) is 13.3. The second-order valence-electron chi connectivity index (χ2n) is 9.35. The molecular formula is C22H47N2O6P. The Bertz CT molecular complexity index is 513. The zero-order chi connectivity index (χ0) is 23.8. The summed E-state index contributed by atoms with van der Waals surface area (Å²) in [4.78, 5) is 24.4. The highest BCUT2D eigenvalue weighted by atomic mass is 31.2. The van der Waals surface area contributed by atoms with Gasteiger partial charge in [-0.15, -0.1) is 0 Å². The lowest BCUT2D eigenvalue weighted by molar-refractivity contribution is -0.870. The number of nitrogens with zero attached hydrogens (tertiary/aromatic N) is 1. The van der Waals surface area contributed by atoms with E-state index in [0.717, 1.165) is 57.8 Å². The second-order valence-corrected chi connectivity index (χ2v) is 10.8. The number of nitrogens with one attached hydrogen (secondary N) is 1. The fourth-order valence-electron chi connectivity index (χ4n) is 3.03. The van der Waals surface area contributed by atoms with Crippen molar-refractivity contribution in [3.05, 3.63) is 0 Å². The largest absolute Gasteiger partial charge is 0.756 e. The number of phosphoric acid groups is 1. The highest BCUT2D eigenvalue weighted by Crippen LogP contribution is 2.38. The van der Waals surface area contributed by atoms with Crippen molar-refractivity contribution in [3.63, 3.8) is 0 Å². The average Bonchev–Trinajstić information content (AvgIpc) is 2.67. The van der Waals surface area contributed by atoms with Gasteiger partial charge >= 0.3 is 0 Å². The summed E-state index contributed by atoms with van der Waals surface area (Å²) in [5.74, 6) is -0.193. The zero-order valence-electron chi connectivity index (χ0n) is 20.4. The molecule has 186 valence electrons. The molecule has 3 atom stereocenters. The van der Waals surface area contributed by atoms with Crippen molar-refractivity contribution in [1.29, 1.82) is 0 Å². The number of aliphatic hydroxyl groups is 1. The number of rotatable bonds is 20. The third-order valence-corrected chi connectivity index (χ3v) is 6.06. The minimum atomic E-state index is -4.51. The molecule has 0 heterocycles. The van der Waals surface area contributed by atoms with E-state index in [0.29, 0.717) is 23.9 Å². The number of unbranched alkanes of at least 4 members (excludes halogenated alkanes) is 7. The molecule has 0 radical (unpaired) electrons. The topological polar surface area (TPSA) is 108 Å². The van der Waals surface area contributed by atoms with E-state index in [1.165, 1.54) is 0 Å². The van der Waals surface area contributed by atoms with Crippen LogP contribution in [0.25, 0.3) is 0 Å². The van der Waals surface area contributed by atoms with Gasteiger partial charge in [-0.25, -0.2) is 0 Å². The van der Waals surface area contributed by atoms with Crippen LogP contribution in [0, 0.1) is 0 Å². The van der Waals surface area contributed by atoms with Crippen LogP contribution < -0.4 is 10.2 Å². The number of hydrogen-bond donors (Lipinski definition) is 2. The first-order valence-electron chi connectivity index (χ1n) is 11.9. The molecule has 0 aliphatic carbocycles.